The molecule has 0 amide bonds. The fraction of sp³-hybridized carbons (Fsp3) is 0.167. The molecule has 0 saturated carbocycles. The van der Waals surface area contributed by atoms with Gasteiger partial charge in [0, 0.05) is 13.2 Å². The summed E-state index contributed by atoms with van der Waals surface area (Å²) in [5, 5.41) is 10.00. The summed E-state index contributed by atoms with van der Waals surface area (Å²) >= 11 is 0. The van der Waals surface area contributed by atoms with Crippen LogP contribution in [0.5, 0.6) is 0 Å². The Balaban J connectivity index is 2.36. The molecule has 0 aliphatic rings. The Hall–Kier alpha value is -1.61. The summed E-state index contributed by atoms with van der Waals surface area (Å²) in [7, 11) is 1.85. The molecule has 0 spiro atoms. The molecular weight excluding hydrogens is 193 g/mol. The van der Waals surface area contributed by atoms with Crippen LogP contribution in [0.3, 0.4) is 0 Å². The molecule has 0 saturated heterocycles. The van der Waals surface area contributed by atoms with Gasteiger partial charge in [-0.2, -0.15) is 0 Å². The van der Waals surface area contributed by atoms with Crippen molar-refractivity contribution in [2.75, 3.05) is 0 Å². The highest BCUT2D eigenvalue weighted by molar-refractivity contribution is 5.26. The molecule has 0 aliphatic heterocycles. The van der Waals surface area contributed by atoms with Crippen LogP contribution >= 0.6 is 0 Å². The topological polar surface area (TPSA) is 25.2 Å². The van der Waals surface area contributed by atoms with Crippen molar-refractivity contribution in [1.82, 2.24) is 4.57 Å². The molecule has 3 heteroatoms. The molecule has 2 aromatic rings. The van der Waals surface area contributed by atoms with E-state index in [0.717, 1.165) is 5.69 Å². The Morgan fingerprint density at radius 3 is 2.67 bits per heavy atom. The van der Waals surface area contributed by atoms with Crippen molar-refractivity contribution in [2.24, 2.45) is 7.05 Å². The van der Waals surface area contributed by atoms with E-state index < -0.39 is 6.10 Å². The highest BCUT2D eigenvalue weighted by Crippen LogP contribution is 2.22. The molecule has 1 unspecified atom stereocenters. The van der Waals surface area contributed by atoms with E-state index in [1.807, 2.05) is 29.9 Å². The standard InChI is InChI=1S/C12H12FNO/c1-14-7-3-6-11(14)12(15)9-4-2-5-10(13)8-9/h2-8,12,15H,1H3. The average molecular weight is 205 g/mol. The van der Waals surface area contributed by atoms with Crippen LogP contribution in [0, 0.1) is 5.82 Å². The van der Waals surface area contributed by atoms with E-state index >= 15 is 0 Å². The summed E-state index contributed by atoms with van der Waals surface area (Å²) < 4.78 is 14.8. The van der Waals surface area contributed by atoms with E-state index in [4.69, 9.17) is 0 Å². The molecule has 1 heterocycles. The van der Waals surface area contributed by atoms with Crippen LogP contribution in [0.1, 0.15) is 17.4 Å². The quantitative estimate of drug-likeness (QED) is 0.799. The maximum Gasteiger partial charge on any atom is 0.123 e. The van der Waals surface area contributed by atoms with Crippen molar-refractivity contribution in [3.63, 3.8) is 0 Å². The van der Waals surface area contributed by atoms with E-state index in [0.29, 0.717) is 5.56 Å². The molecule has 78 valence electrons. The monoisotopic (exact) mass is 205 g/mol. The van der Waals surface area contributed by atoms with Crippen molar-refractivity contribution in [1.29, 1.82) is 0 Å². The van der Waals surface area contributed by atoms with Gasteiger partial charge < -0.3 is 9.67 Å². The van der Waals surface area contributed by atoms with Crippen molar-refractivity contribution in [3.05, 3.63) is 59.7 Å². The number of hydrogen-bond donors (Lipinski definition) is 1. The molecule has 1 aromatic carbocycles. The molecule has 0 radical (unpaired) electrons. The van der Waals surface area contributed by atoms with Crippen LogP contribution in [0.4, 0.5) is 4.39 Å². The van der Waals surface area contributed by atoms with Crippen molar-refractivity contribution >= 4 is 0 Å². The van der Waals surface area contributed by atoms with Gasteiger partial charge in [-0.05, 0) is 29.8 Å². The lowest BCUT2D eigenvalue weighted by Crippen LogP contribution is -2.05. The number of aryl methyl sites for hydroxylation is 1. The van der Waals surface area contributed by atoms with Crippen molar-refractivity contribution in [2.45, 2.75) is 6.10 Å². The molecule has 2 nitrogen and oxygen atoms in total. The number of hydrogen-bond acceptors (Lipinski definition) is 1. The third-order valence-corrected chi connectivity index (χ3v) is 2.43. The maximum atomic E-state index is 13.0. The Labute approximate surface area is 87.6 Å². The number of nitrogens with zero attached hydrogens (tertiary/aromatic N) is 1. The van der Waals surface area contributed by atoms with Gasteiger partial charge in [-0.15, -0.1) is 0 Å². The summed E-state index contributed by atoms with van der Waals surface area (Å²) in [6.07, 6.45) is 1.07. The van der Waals surface area contributed by atoms with Gasteiger partial charge in [0.05, 0.1) is 5.69 Å². The van der Waals surface area contributed by atoms with Crippen LogP contribution in [-0.4, -0.2) is 9.67 Å². The number of aliphatic hydroxyl groups is 1. The zero-order valence-corrected chi connectivity index (χ0v) is 8.39. The molecule has 15 heavy (non-hydrogen) atoms. The summed E-state index contributed by atoms with van der Waals surface area (Å²) in [4.78, 5) is 0. The molecule has 1 aromatic heterocycles. The molecule has 1 atom stereocenters. The number of aromatic nitrogens is 1. The summed E-state index contributed by atoms with van der Waals surface area (Å²) in [6.45, 7) is 0. The van der Waals surface area contributed by atoms with Gasteiger partial charge in [-0.25, -0.2) is 4.39 Å². The van der Waals surface area contributed by atoms with E-state index in [-0.39, 0.29) is 5.82 Å². The summed E-state index contributed by atoms with van der Waals surface area (Å²) in [5.41, 5.74) is 1.32. The first-order valence-corrected chi connectivity index (χ1v) is 4.73. The summed E-state index contributed by atoms with van der Waals surface area (Å²) in [5.74, 6) is -0.333. The Morgan fingerprint density at radius 2 is 2.07 bits per heavy atom. The van der Waals surface area contributed by atoms with Crippen LogP contribution in [-0.2, 0) is 7.05 Å². The van der Waals surface area contributed by atoms with Gasteiger partial charge in [-0.1, -0.05) is 12.1 Å². The second-order valence-corrected chi connectivity index (χ2v) is 3.50. The van der Waals surface area contributed by atoms with Gasteiger partial charge in [0.15, 0.2) is 0 Å². The number of benzene rings is 1. The minimum absolute atomic E-state index is 0.333. The first-order chi connectivity index (χ1) is 7.18. The summed E-state index contributed by atoms with van der Waals surface area (Å²) in [6, 6.07) is 9.67. The Kier molecular flexibility index (Phi) is 2.56. The third-order valence-electron chi connectivity index (χ3n) is 2.43. The second kappa shape index (κ2) is 3.87. The van der Waals surface area contributed by atoms with Crippen LogP contribution in [0.25, 0.3) is 0 Å². The third kappa shape index (κ3) is 1.92. The Morgan fingerprint density at radius 1 is 1.27 bits per heavy atom. The molecule has 2 rings (SSSR count). The normalized spacial score (nSPS) is 12.7. The SMILES string of the molecule is Cn1cccc1C(O)c1cccc(F)c1. The number of halogens is 1. The highest BCUT2D eigenvalue weighted by atomic mass is 19.1. The van der Waals surface area contributed by atoms with Gasteiger partial charge in [0.1, 0.15) is 11.9 Å². The molecular formula is C12H12FNO. The lowest BCUT2D eigenvalue weighted by Gasteiger charge is -2.12. The zero-order chi connectivity index (χ0) is 10.8. The van der Waals surface area contributed by atoms with Gasteiger partial charge in [0.25, 0.3) is 0 Å². The fourth-order valence-corrected chi connectivity index (χ4v) is 1.61. The average Bonchev–Trinajstić information content (AvgIpc) is 2.63. The lowest BCUT2D eigenvalue weighted by atomic mass is 10.1. The van der Waals surface area contributed by atoms with E-state index in [9.17, 15) is 9.50 Å². The first-order valence-electron chi connectivity index (χ1n) is 4.73. The van der Waals surface area contributed by atoms with E-state index in [1.165, 1.54) is 12.1 Å². The predicted octanol–water partition coefficient (Wildman–Crippen LogP) is 2.25. The minimum atomic E-state index is -0.777. The lowest BCUT2D eigenvalue weighted by molar-refractivity contribution is 0.211. The fourth-order valence-electron chi connectivity index (χ4n) is 1.61. The molecule has 1 N–H and O–H groups in total. The second-order valence-electron chi connectivity index (χ2n) is 3.50. The van der Waals surface area contributed by atoms with Crippen molar-refractivity contribution in [3.8, 4) is 0 Å². The maximum absolute atomic E-state index is 13.0. The van der Waals surface area contributed by atoms with Crippen LogP contribution in [0.15, 0.2) is 42.6 Å². The predicted molar refractivity (Wildman–Crippen MR) is 55.9 cm³/mol. The largest absolute Gasteiger partial charge is 0.382 e. The minimum Gasteiger partial charge on any atom is -0.382 e. The Bertz CT molecular complexity index is 464. The van der Waals surface area contributed by atoms with E-state index in [1.54, 1.807) is 12.1 Å². The van der Waals surface area contributed by atoms with Gasteiger partial charge in [-0.3, -0.25) is 0 Å². The van der Waals surface area contributed by atoms with Gasteiger partial charge in [0.2, 0.25) is 0 Å². The number of rotatable bonds is 2. The van der Waals surface area contributed by atoms with Crippen LogP contribution < -0.4 is 0 Å². The van der Waals surface area contributed by atoms with Crippen LogP contribution in [0.2, 0.25) is 0 Å². The molecule has 0 bridgehead atoms. The molecule has 0 fully saturated rings. The first kappa shape index (κ1) is 9.93. The molecule has 0 aliphatic carbocycles. The highest BCUT2D eigenvalue weighted by Gasteiger charge is 2.13. The zero-order valence-electron chi connectivity index (χ0n) is 8.39. The van der Waals surface area contributed by atoms with Gasteiger partial charge >= 0.3 is 0 Å². The van der Waals surface area contributed by atoms with Crippen molar-refractivity contribution < 1.29 is 9.50 Å². The number of aliphatic hydroxyl groups excluding tert-OH is 1. The smallest absolute Gasteiger partial charge is 0.123 e. The van der Waals surface area contributed by atoms with E-state index in [2.05, 4.69) is 0 Å².